The van der Waals surface area contributed by atoms with Crippen molar-refractivity contribution in [2.45, 2.75) is 25.3 Å². The van der Waals surface area contributed by atoms with E-state index in [1.807, 2.05) is 32.0 Å². The maximum Gasteiger partial charge on any atom is 0.247 e. The second-order valence-corrected chi connectivity index (χ2v) is 8.81. The second kappa shape index (κ2) is 7.78. The monoisotopic (exact) mass is 375 g/mol. The summed E-state index contributed by atoms with van der Waals surface area (Å²) in [4.78, 5) is 1.68. The molecule has 0 radical (unpaired) electrons. The van der Waals surface area contributed by atoms with Crippen molar-refractivity contribution in [2.24, 2.45) is 0 Å². The molecule has 1 N–H and O–H groups in total. The maximum absolute atomic E-state index is 13.1. The number of nitrogens with zero attached hydrogens (tertiary/aromatic N) is 1. The van der Waals surface area contributed by atoms with Gasteiger partial charge in [0, 0.05) is 5.56 Å². The lowest BCUT2D eigenvalue weighted by Crippen LogP contribution is -3.13. The van der Waals surface area contributed by atoms with Crippen LogP contribution in [0.4, 0.5) is 0 Å². The van der Waals surface area contributed by atoms with Crippen LogP contribution in [0.15, 0.2) is 47.4 Å². The predicted octanol–water partition coefficient (Wildman–Crippen LogP) is 1.40. The van der Waals surface area contributed by atoms with E-state index in [1.54, 1.807) is 16.4 Å². The fourth-order valence-electron chi connectivity index (χ4n) is 3.37. The largest absolute Gasteiger partial charge is 0.495 e. The fraction of sp³-hybridized carbons (Fsp3) is 0.400. The third-order valence-electron chi connectivity index (χ3n) is 5.12. The molecule has 0 atom stereocenters. The van der Waals surface area contributed by atoms with Gasteiger partial charge in [-0.25, -0.2) is 8.42 Å². The summed E-state index contributed by atoms with van der Waals surface area (Å²) in [7, 11) is -2.03. The summed E-state index contributed by atoms with van der Waals surface area (Å²) in [5, 5.41) is 0. The van der Waals surface area contributed by atoms with Gasteiger partial charge >= 0.3 is 0 Å². The molecule has 140 valence electrons. The van der Waals surface area contributed by atoms with Crippen LogP contribution in [-0.2, 0) is 16.6 Å². The Morgan fingerprint density at radius 2 is 1.65 bits per heavy atom. The van der Waals surface area contributed by atoms with Crippen molar-refractivity contribution in [3.63, 3.8) is 0 Å². The molecule has 0 saturated carbocycles. The molecule has 2 aromatic carbocycles. The summed E-state index contributed by atoms with van der Waals surface area (Å²) >= 11 is 0. The highest BCUT2D eigenvalue weighted by atomic mass is 32.2. The molecule has 6 heteroatoms. The van der Waals surface area contributed by atoms with Crippen LogP contribution in [0.5, 0.6) is 5.75 Å². The van der Waals surface area contributed by atoms with Gasteiger partial charge in [0.25, 0.3) is 0 Å². The molecule has 3 rings (SSSR count). The Balaban J connectivity index is 1.73. The van der Waals surface area contributed by atoms with E-state index in [1.165, 1.54) is 17.6 Å². The van der Waals surface area contributed by atoms with E-state index in [-0.39, 0.29) is 4.90 Å². The quantitative estimate of drug-likeness (QED) is 0.860. The third-order valence-corrected chi connectivity index (χ3v) is 7.04. The van der Waals surface area contributed by atoms with Crippen LogP contribution in [0.25, 0.3) is 0 Å². The Bertz CT molecular complexity index is 858. The normalized spacial score (nSPS) is 16.6. The zero-order chi connectivity index (χ0) is 18.7. The molecule has 0 aromatic heterocycles. The molecule has 2 aromatic rings. The molecule has 1 fully saturated rings. The zero-order valence-electron chi connectivity index (χ0n) is 15.7. The predicted molar refractivity (Wildman–Crippen MR) is 102 cm³/mol. The number of quaternary nitrogens is 1. The van der Waals surface area contributed by atoms with Crippen molar-refractivity contribution in [3.8, 4) is 5.75 Å². The molecule has 26 heavy (non-hydrogen) atoms. The molecule has 1 aliphatic heterocycles. The Hall–Kier alpha value is -1.89. The second-order valence-electron chi connectivity index (χ2n) is 6.90. The number of sulfonamides is 1. The van der Waals surface area contributed by atoms with Crippen LogP contribution in [0.2, 0.25) is 0 Å². The maximum atomic E-state index is 13.1. The first-order valence-electron chi connectivity index (χ1n) is 8.94. The zero-order valence-corrected chi connectivity index (χ0v) is 16.5. The van der Waals surface area contributed by atoms with E-state index in [4.69, 9.17) is 4.74 Å². The van der Waals surface area contributed by atoms with Gasteiger partial charge in [-0.2, -0.15) is 4.31 Å². The Morgan fingerprint density at radius 3 is 2.27 bits per heavy atom. The molecular formula is C20H27N2O3S+. The van der Waals surface area contributed by atoms with E-state index in [0.29, 0.717) is 18.8 Å². The van der Waals surface area contributed by atoms with Crippen LogP contribution in [-0.4, -0.2) is 46.0 Å². The molecule has 1 saturated heterocycles. The summed E-state index contributed by atoms with van der Waals surface area (Å²) in [6.07, 6.45) is 0. The average Bonchev–Trinajstić information content (AvgIpc) is 2.65. The Kier molecular flexibility index (Phi) is 5.65. The minimum absolute atomic E-state index is 0.273. The minimum atomic E-state index is -3.55. The molecular weight excluding hydrogens is 348 g/mol. The number of hydrogen-bond acceptors (Lipinski definition) is 3. The summed E-state index contributed by atoms with van der Waals surface area (Å²) < 4.78 is 33.2. The summed E-state index contributed by atoms with van der Waals surface area (Å²) in [6.45, 7) is 7.49. The molecule has 5 nitrogen and oxygen atoms in total. The van der Waals surface area contributed by atoms with E-state index >= 15 is 0 Å². The van der Waals surface area contributed by atoms with Gasteiger partial charge in [-0.1, -0.05) is 30.3 Å². The third kappa shape index (κ3) is 3.92. The van der Waals surface area contributed by atoms with Gasteiger partial charge in [-0.3, -0.25) is 0 Å². The first-order chi connectivity index (χ1) is 12.4. The number of hydrogen-bond donors (Lipinski definition) is 1. The van der Waals surface area contributed by atoms with Gasteiger partial charge in [0.1, 0.15) is 17.2 Å². The number of aryl methyl sites for hydroxylation is 2. The van der Waals surface area contributed by atoms with Crippen molar-refractivity contribution in [1.82, 2.24) is 4.31 Å². The van der Waals surface area contributed by atoms with E-state index in [9.17, 15) is 8.42 Å². The van der Waals surface area contributed by atoms with Gasteiger partial charge in [-0.15, -0.1) is 0 Å². The Morgan fingerprint density at radius 1 is 1.04 bits per heavy atom. The molecule has 0 spiro atoms. The number of piperazine rings is 1. The lowest BCUT2D eigenvalue weighted by atomic mass is 10.1. The molecule has 0 aliphatic carbocycles. The van der Waals surface area contributed by atoms with E-state index in [2.05, 4.69) is 12.1 Å². The topological polar surface area (TPSA) is 51.1 Å². The first-order valence-corrected chi connectivity index (χ1v) is 10.4. The van der Waals surface area contributed by atoms with Crippen molar-refractivity contribution in [3.05, 3.63) is 59.2 Å². The molecule has 1 heterocycles. The van der Waals surface area contributed by atoms with Gasteiger partial charge in [-0.05, 0) is 37.1 Å². The van der Waals surface area contributed by atoms with Crippen LogP contribution in [0, 0.1) is 13.8 Å². The first kappa shape index (κ1) is 18.9. The summed E-state index contributed by atoms with van der Waals surface area (Å²) in [5.74, 6) is 0.423. The van der Waals surface area contributed by atoms with Crippen molar-refractivity contribution in [2.75, 3.05) is 33.3 Å². The smallest absolute Gasteiger partial charge is 0.247 e. The van der Waals surface area contributed by atoms with Crippen LogP contribution in [0.1, 0.15) is 16.7 Å². The molecule has 0 amide bonds. The summed E-state index contributed by atoms with van der Waals surface area (Å²) in [5.41, 5.74) is 3.27. The lowest BCUT2D eigenvalue weighted by Gasteiger charge is -2.32. The summed E-state index contributed by atoms with van der Waals surface area (Å²) in [6, 6.07) is 13.9. The number of rotatable bonds is 5. The van der Waals surface area contributed by atoms with Crippen molar-refractivity contribution >= 4 is 10.0 Å². The number of benzene rings is 2. The number of nitrogens with one attached hydrogen (secondary N) is 1. The highest BCUT2D eigenvalue weighted by Gasteiger charge is 2.32. The fourth-order valence-corrected chi connectivity index (χ4v) is 5.03. The number of ether oxygens (including phenoxy) is 1. The van der Waals surface area contributed by atoms with E-state index in [0.717, 1.165) is 30.8 Å². The van der Waals surface area contributed by atoms with Crippen molar-refractivity contribution in [1.29, 1.82) is 0 Å². The molecule has 1 aliphatic rings. The standard InChI is InChI=1S/C20H26N2O3S/c1-16-13-19(25-3)20(14-17(16)2)26(23,24)22-11-9-21(10-12-22)15-18-7-5-4-6-8-18/h4-8,13-14H,9-12,15H2,1-3H3/p+1. The molecule has 0 unspecified atom stereocenters. The Labute approximate surface area is 156 Å². The van der Waals surface area contributed by atoms with Crippen molar-refractivity contribution < 1.29 is 18.1 Å². The van der Waals surface area contributed by atoms with Gasteiger partial charge in [0.15, 0.2) is 0 Å². The highest BCUT2D eigenvalue weighted by molar-refractivity contribution is 7.89. The lowest BCUT2D eigenvalue weighted by molar-refractivity contribution is -0.917. The van der Waals surface area contributed by atoms with Gasteiger partial charge < -0.3 is 9.64 Å². The van der Waals surface area contributed by atoms with Crippen LogP contribution < -0.4 is 9.64 Å². The van der Waals surface area contributed by atoms with Crippen LogP contribution in [0.3, 0.4) is 0 Å². The van der Waals surface area contributed by atoms with Crippen LogP contribution >= 0.6 is 0 Å². The van der Waals surface area contributed by atoms with Gasteiger partial charge in [0.05, 0.1) is 33.3 Å². The minimum Gasteiger partial charge on any atom is -0.495 e. The number of methoxy groups -OCH3 is 1. The van der Waals surface area contributed by atoms with E-state index < -0.39 is 10.0 Å². The average molecular weight is 376 g/mol. The SMILES string of the molecule is COc1cc(C)c(C)cc1S(=O)(=O)N1CC[NH+](Cc2ccccc2)CC1. The molecule has 0 bridgehead atoms. The highest BCUT2D eigenvalue weighted by Crippen LogP contribution is 2.29. The van der Waals surface area contributed by atoms with Gasteiger partial charge in [0.2, 0.25) is 10.0 Å².